The zero-order chi connectivity index (χ0) is 22.3. The van der Waals surface area contributed by atoms with Gasteiger partial charge >= 0.3 is 12.3 Å². The highest BCUT2D eigenvalue weighted by Crippen LogP contribution is 2.32. The molecule has 1 fully saturated rings. The monoisotopic (exact) mass is 428 g/mol. The number of carbonyl (C=O) groups is 2. The maximum absolute atomic E-state index is 12.9. The first-order chi connectivity index (χ1) is 13.8. The Hall–Kier alpha value is -3.05. The number of nitrogens with zero attached hydrogens (tertiary/aromatic N) is 4. The van der Waals surface area contributed by atoms with Crippen molar-refractivity contribution in [2.45, 2.75) is 38.6 Å². The molecule has 1 aliphatic rings. The van der Waals surface area contributed by atoms with Gasteiger partial charge in [0.15, 0.2) is 11.5 Å². The molecule has 0 saturated carbocycles. The third-order valence-electron chi connectivity index (χ3n) is 4.32. The fraction of sp³-hybridized carbons (Fsp3) is 0.556. The van der Waals surface area contributed by atoms with Crippen molar-refractivity contribution in [1.29, 1.82) is 0 Å². The smallest absolute Gasteiger partial charge is 0.417 e. The summed E-state index contributed by atoms with van der Waals surface area (Å²) in [7, 11) is 1.55. The molecule has 0 unspecified atom stereocenters. The summed E-state index contributed by atoms with van der Waals surface area (Å²) < 4.78 is 45.4. The molecular weight excluding hydrogens is 405 g/mol. The van der Waals surface area contributed by atoms with Gasteiger partial charge in [-0.2, -0.15) is 18.3 Å². The van der Waals surface area contributed by atoms with E-state index in [1.54, 1.807) is 27.8 Å². The minimum absolute atomic E-state index is 0.130. The molecule has 0 radical (unpaired) electrons. The molecule has 0 spiro atoms. The van der Waals surface area contributed by atoms with Crippen LogP contribution in [-0.4, -0.2) is 62.9 Å². The molecule has 2 N–H and O–H groups in total. The Kier molecular flexibility index (Phi) is 5.52. The first-order valence-electron chi connectivity index (χ1n) is 9.24. The summed E-state index contributed by atoms with van der Waals surface area (Å²) >= 11 is 0. The zero-order valence-electron chi connectivity index (χ0n) is 17.0. The van der Waals surface area contributed by atoms with E-state index in [9.17, 15) is 22.8 Å². The number of alkyl halides is 3. The van der Waals surface area contributed by atoms with E-state index in [0.29, 0.717) is 13.1 Å². The Labute approximate surface area is 170 Å². The maximum atomic E-state index is 12.9. The van der Waals surface area contributed by atoms with Crippen LogP contribution in [-0.2, 0) is 22.8 Å². The van der Waals surface area contributed by atoms with E-state index in [2.05, 4.69) is 20.7 Å². The van der Waals surface area contributed by atoms with Gasteiger partial charge in [0, 0.05) is 26.3 Å². The average Bonchev–Trinajstić information content (AvgIpc) is 2.89. The van der Waals surface area contributed by atoms with E-state index >= 15 is 0 Å². The minimum Gasteiger partial charge on any atom is -0.444 e. The largest absolute Gasteiger partial charge is 0.444 e. The number of amides is 2. The second-order valence-electron chi connectivity index (χ2n) is 8.07. The van der Waals surface area contributed by atoms with Crippen LogP contribution in [0.1, 0.15) is 26.3 Å². The summed E-state index contributed by atoms with van der Waals surface area (Å²) in [6.07, 6.45) is -4.23. The number of ether oxygens (including phenoxy) is 1. The van der Waals surface area contributed by atoms with Crippen LogP contribution >= 0.6 is 0 Å². The number of carbonyl (C=O) groups excluding carboxylic acids is 2. The SMILES string of the molecule is Cn1nc(NCC(=O)NC2CN(C(=O)OC(C)(C)C)C2)c2cc(C(F)(F)F)cnc21. The zero-order valence-corrected chi connectivity index (χ0v) is 17.0. The molecule has 1 aliphatic heterocycles. The van der Waals surface area contributed by atoms with Crippen molar-refractivity contribution in [3.05, 3.63) is 17.8 Å². The summed E-state index contributed by atoms with van der Waals surface area (Å²) in [6.45, 7) is 5.77. The lowest BCUT2D eigenvalue weighted by atomic mass is 10.1. The Morgan fingerprint density at radius 2 is 1.93 bits per heavy atom. The molecule has 3 rings (SSSR count). The van der Waals surface area contributed by atoms with E-state index in [-0.39, 0.29) is 35.3 Å². The van der Waals surface area contributed by atoms with Crippen LogP contribution in [0.2, 0.25) is 0 Å². The molecule has 0 bridgehead atoms. The number of anilines is 1. The highest BCUT2D eigenvalue weighted by Gasteiger charge is 2.34. The summed E-state index contributed by atoms with van der Waals surface area (Å²) in [4.78, 5) is 29.3. The number of aromatic nitrogens is 3. The van der Waals surface area contributed by atoms with Gasteiger partial charge < -0.3 is 20.3 Å². The van der Waals surface area contributed by atoms with Crippen molar-refractivity contribution in [3.63, 3.8) is 0 Å². The lowest BCUT2D eigenvalue weighted by Crippen LogP contribution is -2.62. The lowest BCUT2D eigenvalue weighted by molar-refractivity contribution is -0.137. The van der Waals surface area contributed by atoms with Crippen LogP contribution in [0.15, 0.2) is 12.3 Å². The number of fused-ring (bicyclic) bond motifs is 1. The Morgan fingerprint density at radius 1 is 1.27 bits per heavy atom. The van der Waals surface area contributed by atoms with Crippen LogP contribution in [0, 0.1) is 0 Å². The van der Waals surface area contributed by atoms with Crippen LogP contribution in [0.25, 0.3) is 11.0 Å². The van der Waals surface area contributed by atoms with Crippen molar-refractivity contribution in [3.8, 4) is 0 Å². The number of halogens is 3. The summed E-state index contributed by atoms with van der Waals surface area (Å²) in [5, 5.41) is 9.75. The van der Waals surface area contributed by atoms with E-state index < -0.39 is 23.4 Å². The first-order valence-corrected chi connectivity index (χ1v) is 9.24. The fourth-order valence-electron chi connectivity index (χ4n) is 2.91. The number of nitrogens with one attached hydrogen (secondary N) is 2. The van der Waals surface area contributed by atoms with E-state index in [1.165, 1.54) is 9.58 Å². The molecule has 0 atom stereocenters. The van der Waals surface area contributed by atoms with Gasteiger partial charge in [-0.15, -0.1) is 0 Å². The van der Waals surface area contributed by atoms with Gasteiger partial charge in [0.2, 0.25) is 5.91 Å². The Balaban J connectivity index is 1.54. The lowest BCUT2D eigenvalue weighted by Gasteiger charge is -2.39. The maximum Gasteiger partial charge on any atom is 0.417 e. The van der Waals surface area contributed by atoms with Gasteiger partial charge in [0.25, 0.3) is 0 Å². The van der Waals surface area contributed by atoms with Crippen molar-refractivity contribution < 1.29 is 27.5 Å². The quantitative estimate of drug-likeness (QED) is 0.774. The molecule has 164 valence electrons. The molecule has 12 heteroatoms. The number of likely N-dealkylation sites (tertiary alicyclic amines) is 1. The topological polar surface area (TPSA) is 101 Å². The summed E-state index contributed by atoms with van der Waals surface area (Å²) in [5.41, 5.74) is -1.23. The number of rotatable bonds is 4. The van der Waals surface area contributed by atoms with Gasteiger partial charge in [-0.05, 0) is 26.8 Å². The first kappa shape index (κ1) is 21.7. The number of hydrogen-bond donors (Lipinski definition) is 2. The summed E-state index contributed by atoms with van der Waals surface area (Å²) in [5.74, 6) is -0.243. The summed E-state index contributed by atoms with van der Waals surface area (Å²) in [6, 6.07) is 0.728. The molecule has 30 heavy (non-hydrogen) atoms. The van der Waals surface area contributed by atoms with Crippen molar-refractivity contribution in [2.24, 2.45) is 7.05 Å². The van der Waals surface area contributed by atoms with E-state index in [4.69, 9.17) is 4.74 Å². The predicted octanol–water partition coefficient (Wildman–Crippen LogP) is 2.13. The number of hydrogen-bond acceptors (Lipinski definition) is 6. The molecule has 0 aromatic carbocycles. The van der Waals surface area contributed by atoms with E-state index in [0.717, 1.165) is 12.3 Å². The molecule has 2 aromatic rings. The molecular formula is C18H23F3N6O3. The van der Waals surface area contributed by atoms with Crippen LogP contribution in [0.4, 0.5) is 23.8 Å². The van der Waals surface area contributed by atoms with Crippen molar-refractivity contribution in [1.82, 2.24) is 25.0 Å². The Morgan fingerprint density at radius 3 is 2.53 bits per heavy atom. The second kappa shape index (κ2) is 7.65. The van der Waals surface area contributed by atoms with Gasteiger partial charge in [-0.25, -0.2) is 14.5 Å². The number of aryl methyl sites for hydroxylation is 1. The molecule has 9 nitrogen and oxygen atoms in total. The fourth-order valence-corrected chi connectivity index (χ4v) is 2.91. The van der Waals surface area contributed by atoms with Crippen molar-refractivity contribution >= 4 is 28.9 Å². The second-order valence-corrected chi connectivity index (χ2v) is 8.07. The molecule has 0 aliphatic carbocycles. The molecule has 1 saturated heterocycles. The Bertz CT molecular complexity index is 960. The highest BCUT2D eigenvalue weighted by molar-refractivity contribution is 5.90. The third-order valence-corrected chi connectivity index (χ3v) is 4.32. The van der Waals surface area contributed by atoms with Crippen LogP contribution in [0.3, 0.4) is 0 Å². The number of pyridine rings is 1. The van der Waals surface area contributed by atoms with Crippen LogP contribution in [0.5, 0.6) is 0 Å². The molecule has 2 aromatic heterocycles. The minimum atomic E-state index is -4.53. The van der Waals surface area contributed by atoms with E-state index in [1.807, 2.05) is 0 Å². The van der Waals surface area contributed by atoms with Gasteiger partial charge in [-0.1, -0.05) is 0 Å². The van der Waals surface area contributed by atoms with Gasteiger partial charge in [0.05, 0.1) is 23.5 Å². The standard InChI is InChI=1S/C18H23F3N6O3/c1-17(2,3)30-16(29)27-8-11(9-27)24-13(28)7-22-14-12-5-10(18(19,20)21)6-23-15(12)26(4)25-14/h5-6,11H,7-9H2,1-4H3,(H,22,25)(H,24,28). The predicted molar refractivity (Wildman–Crippen MR) is 102 cm³/mol. The van der Waals surface area contributed by atoms with Crippen molar-refractivity contribution in [2.75, 3.05) is 25.0 Å². The average molecular weight is 428 g/mol. The third kappa shape index (κ3) is 4.92. The van der Waals surface area contributed by atoms with Crippen LogP contribution < -0.4 is 10.6 Å². The van der Waals surface area contributed by atoms with Gasteiger partial charge in [-0.3, -0.25) is 4.79 Å². The van der Waals surface area contributed by atoms with Gasteiger partial charge in [0.1, 0.15) is 5.60 Å². The normalized spacial score (nSPS) is 15.1. The molecule has 3 heterocycles. The highest BCUT2D eigenvalue weighted by atomic mass is 19.4. The molecule has 2 amide bonds.